The maximum atomic E-state index is 6.29. The lowest BCUT2D eigenvalue weighted by molar-refractivity contribution is 0.182. The van der Waals surface area contributed by atoms with Crippen molar-refractivity contribution in [2.75, 3.05) is 4.90 Å². The standard InChI is InChI=1S/C15H15ClN2O/c1-10-11(2)19-14-8-4-3-7-13(14)18(10)15-12(16)6-5-9-17-15/h3-11H,1-2H3. The van der Waals surface area contributed by atoms with E-state index >= 15 is 0 Å². The smallest absolute Gasteiger partial charge is 0.152 e. The van der Waals surface area contributed by atoms with Gasteiger partial charge in [-0.15, -0.1) is 0 Å². The summed E-state index contributed by atoms with van der Waals surface area (Å²) >= 11 is 6.29. The van der Waals surface area contributed by atoms with Gasteiger partial charge in [-0.3, -0.25) is 0 Å². The minimum Gasteiger partial charge on any atom is -0.486 e. The maximum Gasteiger partial charge on any atom is 0.152 e. The van der Waals surface area contributed by atoms with Crippen molar-refractivity contribution >= 4 is 23.1 Å². The second-order valence-corrected chi connectivity index (χ2v) is 5.12. The Morgan fingerprint density at radius 2 is 1.95 bits per heavy atom. The number of hydrogen-bond donors (Lipinski definition) is 0. The second-order valence-electron chi connectivity index (χ2n) is 4.71. The predicted octanol–water partition coefficient (Wildman–Crippen LogP) is 4.04. The highest BCUT2D eigenvalue weighted by molar-refractivity contribution is 6.33. The molecule has 4 heteroatoms. The Labute approximate surface area is 117 Å². The van der Waals surface area contributed by atoms with Crippen molar-refractivity contribution in [2.24, 2.45) is 0 Å². The molecule has 2 aromatic rings. The number of para-hydroxylation sites is 2. The van der Waals surface area contributed by atoms with Gasteiger partial charge < -0.3 is 9.64 Å². The summed E-state index contributed by atoms with van der Waals surface area (Å²) in [5.74, 6) is 1.65. The highest BCUT2D eigenvalue weighted by Gasteiger charge is 2.32. The molecule has 0 saturated heterocycles. The van der Waals surface area contributed by atoms with Crippen LogP contribution in [0.15, 0.2) is 42.6 Å². The zero-order valence-electron chi connectivity index (χ0n) is 10.9. The molecule has 0 saturated carbocycles. The number of halogens is 1. The molecule has 0 aliphatic carbocycles. The molecule has 0 spiro atoms. The lowest BCUT2D eigenvalue weighted by Gasteiger charge is -2.40. The highest BCUT2D eigenvalue weighted by Crippen LogP contribution is 2.41. The van der Waals surface area contributed by atoms with Gasteiger partial charge >= 0.3 is 0 Å². The third-order valence-electron chi connectivity index (χ3n) is 3.49. The molecule has 98 valence electrons. The first-order valence-corrected chi connectivity index (χ1v) is 6.71. The first kappa shape index (κ1) is 12.3. The van der Waals surface area contributed by atoms with E-state index in [1.165, 1.54) is 0 Å². The van der Waals surface area contributed by atoms with Crippen LogP contribution in [0, 0.1) is 0 Å². The van der Waals surface area contributed by atoms with E-state index in [-0.39, 0.29) is 12.1 Å². The molecular formula is C15H15ClN2O. The summed E-state index contributed by atoms with van der Waals surface area (Å²) < 4.78 is 5.92. The summed E-state index contributed by atoms with van der Waals surface area (Å²) in [6.45, 7) is 4.18. The van der Waals surface area contributed by atoms with Crippen LogP contribution < -0.4 is 9.64 Å². The van der Waals surface area contributed by atoms with E-state index < -0.39 is 0 Å². The molecule has 2 heterocycles. The Kier molecular flexibility index (Phi) is 3.07. The monoisotopic (exact) mass is 274 g/mol. The summed E-state index contributed by atoms with van der Waals surface area (Å²) in [5, 5.41) is 0.651. The van der Waals surface area contributed by atoms with Crippen molar-refractivity contribution in [3.8, 4) is 5.75 Å². The number of ether oxygens (including phenoxy) is 1. The average Bonchev–Trinajstić information content (AvgIpc) is 2.42. The molecule has 0 fully saturated rings. The Morgan fingerprint density at radius 3 is 2.74 bits per heavy atom. The fourth-order valence-electron chi connectivity index (χ4n) is 2.35. The molecule has 1 aliphatic heterocycles. The number of fused-ring (bicyclic) bond motifs is 1. The molecule has 2 unspecified atom stereocenters. The molecule has 1 aromatic heterocycles. The zero-order chi connectivity index (χ0) is 13.4. The highest BCUT2D eigenvalue weighted by atomic mass is 35.5. The van der Waals surface area contributed by atoms with Gasteiger partial charge in [-0.2, -0.15) is 0 Å². The van der Waals surface area contributed by atoms with Gasteiger partial charge in [0.15, 0.2) is 5.82 Å². The second kappa shape index (κ2) is 4.74. The number of anilines is 2. The molecule has 3 nitrogen and oxygen atoms in total. The van der Waals surface area contributed by atoms with Crippen LogP contribution >= 0.6 is 11.6 Å². The topological polar surface area (TPSA) is 25.4 Å². The summed E-state index contributed by atoms with van der Waals surface area (Å²) in [4.78, 5) is 6.57. The number of hydrogen-bond acceptors (Lipinski definition) is 3. The Balaban J connectivity index is 2.16. The van der Waals surface area contributed by atoms with E-state index in [2.05, 4.69) is 23.7 Å². The first-order chi connectivity index (χ1) is 9.18. The maximum absolute atomic E-state index is 6.29. The number of nitrogens with zero attached hydrogens (tertiary/aromatic N) is 2. The van der Waals surface area contributed by atoms with Gasteiger partial charge in [-0.1, -0.05) is 23.7 Å². The van der Waals surface area contributed by atoms with Crippen LogP contribution in [0.5, 0.6) is 5.75 Å². The van der Waals surface area contributed by atoms with Crippen molar-refractivity contribution in [1.29, 1.82) is 0 Å². The summed E-state index contributed by atoms with van der Waals surface area (Å²) in [6.07, 6.45) is 1.84. The zero-order valence-corrected chi connectivity index (χ0v) is 11.6. The number of benzene rings is 1. The molecular weight excluding hydrogens is 260 g/mol. The van der Waals surface area contributed by atoms with Crippen LogP contribution in [0.4, 0.5) is 11.5 Å². The molecule has 0 radical (unpaired) electrons. The van der Waals surface area contributed by atoms with Gasteiger partial charge in [0.05, 0.1) is 16.8 Å². The quantitative estimate of drug-likeness (QED) is 0.785. The van der Waals surface area contributed by atoms with Crippen LogP contribution in [-0.2, 0) is 0 Å². The number of rotatable bonds is 1. The molecule has 0 N–H and O–H groups in total. The molecule has 1 aliphatic rings. The van der Waals surface area contributed by atoms with E-state index in [9.17, 15) is 0 Å². The van der Waals surface area contributed by atoms with Gasteiger partial charge in [0, 0.05) is 6.20 Å². The van der Waals surface area contributed by atoms with Crippen molar-refractivity contribution < 1.29 is 4.74 Å². The lowest BCUT2D eigenvalue weighted by atomic mass is 10.1. The van der Waals surface area contributed by atoms with E-state index in [4.69, 9.17) is 16.3 Å². The summed E-state index contributed by atoms with van der Waals surface area (Å²) in [6, 6.07) is 11.8. The van der Waals surface area contributed by atoms with Gasteiger partial charge in [-0.05, 0) is 38.1 Å². The van der Waals surface area contributed by atoms with E-state index in [0.717, 1.165) is 17.3 Å². The van der Waals surface area contributed by atoms with E-state index in [0.29, 0.717) is 5.02 Å². The largest absolute Gasteiger partial charge is 0.486 e. The molecule has 19 heavy (non-hydrogen) atoms. The molecule has 3 rings (SSSR count). The first-order valence-electron chi connectivity index (χ1n) is 6.34. The van der Waals surface area contributed by atoms with Crippen molar-refractivity contribution in [1.82, 2.24) is 4.98 Å². The minimum absolute atomic E-state index is 0.0768. The lowest BCUT2D eigenvalue weighted by Crippen LogP contribution is -2.44. The van der Waals surface area contributed by atoms with Crippen LogP contribution in [-0.4, -0.2) is 17.1 Å². The van der Waals surface area contributed by atoms with Crippen molar-refractivity contribution in [2.45, 2.75) is 26.0 Å². The minimum atomic E-state index is 0.0768. The van der Waals surface area contributed by atoms with Crippen molar-refractivity contribution in [3.05, 3.63) is 47.6 Å². The van der Waals surface area contributed by atoms with Gasteiger partial charge in [0.25, 0.3) is 0 Å². The summed E-state index contributed by atoms with van der Waals surface area (Å²) in [5.41, 5.74) is 1.01. The Hall–Kier alpha value is -1.74. The van der Waals surface area contributed by atoms with Crippen LogP contribution in [0.2, 0.25) is 5.02 Å². The van der Waals surface area contributed by atoms with Gasteiger partial charge in [-0.25, -0.2) is 4.98 Å². The van der Waals surface area contributed by atoms with Crippen LogP contribution in [0.25, 0.3) is 0 Å². The van der Waals surface area contributed by atoms with E-state index in [1.54, 1.807) is 6.20 Å². The SMILES string of the molecule is CC1Oc2ccccc2N(c2ncccc2Cl)C1C. The number of aromatic nitrogens is 1. The summed E-state index contributed by atoms with van der Waals surface area (Å²) in [7, 11) is 0. The molecule has 0 amide bonds. The van der Waals surface area contributed by atoms with Gasteiger partial charge in [0.2, 0.25) is 0 Å². The van der Waals surface area contributed by atoms with Crippen molar-refractivity contribution in [3.63, 3.8) is 0 Å². The molecule has 2 atom stereocenters. The third-order valence-corrected chi connectivity index (χ3v) is 3.79. The molecule has 1 aromatic carbocycles. The normalized spacial score (nSPS) is 21.7. The Bertz CT molecular complexity index is 602. The molecule has 0 bridgehead atoms. The fraction of sp³-hybridized carbons (Fsp3) is 0.267. The number of pyridine rings is 1. The van der Waals surface area contributed by atoms with Crippen LogP contribution in [0.1, 0.15) is 13.8 Å². The van der Waals surface area contributed by atoms with Crippen LogP contribution in [0.3, 0.4) is 0 Å². The predicted molar refractivity (Wildman–Crippen MR) is 77.4 cm³/mol. The van der Waals surface area contributed by atoms with E-state index in [1.807, 2.05) is 36.4 Å². The van der Waals surface area contributed by atoms with Gasteiger partial charge in [0.1, 0.15) is 11.9 Å². The average molecular weight is 275 g/mol. The fourth-order valence-corrected chi connectivity index (χ4v) is 2.56. The third kappa shape index (κ3) is 2.04. The Morgan fingerprint density at radius 1 is 1.16 bits per heavy atom.